The van der Waals surface area contributed by atoms with Crippen LogP contribution in [0.1, 0.15) is 40.6 Å². The molecule has 8 nitrogen and oxygen atoms in total. The number of aromatic amines is 1. The van der Waals surface area contributed by atoms with E-state index in [0.717, 1.165) is 12.8 Å². The molecule has 1 amide bonds. The van der Waals surface area contributed by atoms with Crippen LogP contribution in [0.3, 0.4) is 0 Å². The number of rotatable bonds is 4. The van der Waals surface area contributed by atoms with Gasteiger partial charge in [-0.1, -0.05) is 13.0 Å². The molecule has 0 atom stereocenters. The summed E-state index contributed by atoms with van der Waals surface area (Å²) in [5, 5.41) is 9.50. The number of nitrogens with two attached hydrogens (primary N) is 1. The van der Waals surface area contributed by atoms with Crippen molar-refractivity contribution in [2.24, 2.45) is 11.7 Å². The van der Waals surface area contributed by atoms with Crippen LogP contribution in [-0.2, 0) is 10.0 Å². The number of hydrogen-bond acceptors (Lipinski definition) is 4. The Hall–Kier alpha value is -2.39. The van der Waals surface area contributed by atoms with Crippen molar-refractivity contribution >= 4 is 32.8 Å². The lowest BCUT2D eigenvalue weighted by molar-refractivity contribution is 0.0686. The number of hydrogen-bond donors (Lipinski definition) is 3. The van der Waals surface area contributed by atoms with Crippen LogP contribution in [0.15, 0.2) is 23.1 Å². The first-order chi connectivity index (χ1) is 11.7. The molecule has 1 aliphatic rings. The molecule has 0 bridgehead atoms. The first-order valence-corrected chi connectivity index (χ1v) is 9.34. The Balaban J connectivity index is 2.07. The average Bonchev–Trinajstić information content (AvgIpc) is 2.94. The number of piperidine rings is 1. The van der Waals surface area contributed by atoms with Crippen molar-refractivity contribution in [3.63, 3.8) is 0 Å². The second-order valence-electron chi connectivity index (χ2n) is 6.34. The van der Waals surface area contributed by atoms with E-state index in [4.69, 9.17) is 5.73 Å². The van der Waals surface area contributed by atoms with Gasteiger partial charge in [-0.25, -0.2) is 13.2 Å². The molecule has 9 heteroatoms. The Morgan fingerprint density at radius 2 is 1.92 bits per heavy atom. The molecule has 1 aromatic carbocycles. The molecule has 4 N–H and O–H groups in total. The highest BCUT2D eigenvalue weighted by Gasteiger charge is 2.29. The van der Waals surface area contributed by atoms with Gasteiger partial charge in [-0.2, -0.15) is 4.31 Å². The average molecular weight is 365 g/mol. The Labute approximate surface area is 144 Å². The van der Waals surface area contributed by atoms with Crippen molar-refractivity contribution in [3.8, 4) is 0 Å². The predicted octanol–water partition coefficient (Wildman–Crippen LogP) is 1.39. The minimum Gasteiger partial charge on any atom is -0.477 e. The number of carbonyl (C=O) groups excluding carboxylic acids is 1. The Morgan fingerprint density at radius 3 is 2.48 bits per heavy atom. The Morgan fingerprint density at radius 1 is 1.28 bits per heavy atom. The number of benzene rings is 1. The fourth-order valence-electron chi connectivity index (χ4n) is 3.13. The van der Waals surface area contributed by atoms with Gasteiger partial charge in [0.1, 0.15) is 5.69 Å². The van der Waals surface area contributed by atoms with Crippen molar-refractivity contribution < 1.29 is 23.1 Å². The largest absolute Gasteiger partial charge is 0.477 e. The lowest BCUT2D eigenvalue weighted by Gasteiger charge is -2.29. The van der Waals surface area contributed by atoms with E-state index in [1.807, 2.05) is 0 Å². The van der Waals surface area contributed by atoms with E-state index < -0.39 is 21.9 Å². The third-order valence-electron chi connectivity index (χ3n) is 4.61. The summed E-state index contributed by atoms with van der Waals surface area (Å²) in [6, 6.07) is 4.14. The number of fused-ring (bicyclic) bond motifs is 1. The van der Waals surface area contributed by atoms with Crippen molar-refractivity contribution in [1.29, 1.82) is 0 Å². The normalized spacial score (nSPS) is 17.0. The second kappa shape index (κ2) is 6.16. The fourth-order valence-corrected chi connectivity index (χ4v) is 4.62. The summed E-state index contributed by atoms with van der Waals surface area (Å²) < 4.78 is 27.0. The van der Waals surface area contributed by atoms with Crippen LogP contribution < -0.4 is 5.73 Å². The van der Waals surface area contributed by atoms with Gasteiger partial charge in [-0.3, -0.25) is 4.79 Å². The van der Waals surface area contributed by atoms with Crippen LogP contribution in [0.2, 0.25) is 0 Å². The van der Waals surface area contributed by atoms with Gasteiger partial charge in [0.2, 0.25) is 10.0 Å². The topological polar surface area (TPSA) is 134 Å². The van der Waals surface area contributed by atoms with Crippen molar-refractivity contribution in [2.75, 3.05) is 13.1 Å². The smallest absolute Gasteiger partial charge is 0.353 e. The standard InChI is InChI=1S/C16H19N3O5S/c1-9-4-6-19(7-5-9)25(23,24)10-2-3-11-12(8-10)18-14(16(21)22)13(11)15(17)20/h2-3,8-9,18H,4-7H2,1H3,(H2,17,20)(H,21,22). The molecule has 0 aliphatic carbocycles. The maximum absolute atomic E-state index is 12.8. The molecule has 2 heterocycles. The Kier molecular flexibility index (Phi) is 4.29. The predicted molar refractivity (Wildman–Crippen MR) is 90.9 cm³/mol. The lowest BCUT2D eigenvalue weighted by Crippen LogP contribution is -2.37. The van der Waals surface area contributed by atoms with E-state index in [0.29, 0.717) is 19.0 Å². The van der Waals surface area contributed by atoms with Crippen LogP contribution in [-0.4, -0.2) is 47.8 Å². The van der Waals surface area contributed by atoms with E-state index >= 15 is 0 Å². The third-order valence-corrected chi connectivity index (χ3v) is 6.51. The number of carboxylic acids is 1. The second-order valence-corrected chi connectivity index (χ2v) is 8.28. The third kappa shape index (κ3) is 3.00. The quantitative estimate of drug-likeness (QED) is 0.753. The van der Waals surface area contributed by atoms with E-state index in [2.05, 4.69) is 11.9 Å². The Bertz CT molecular complexity index is 956. The first-order valence-electron chi connectivity index (χ1n) is 7.90. The van der Waals surface area contributed by atoms with Gasteiger partial charge in [0.25, 0.3) is 5.91 Å². The summed E-state index contributed by atoms with van der Waals surface area (Å²) in [6.07, 6.45) is 1.61. The van der Waals surface area contributed by atoms with E-state index in [9.17, 15) is 23.1 Å². The number of primary amides is 1. The number of aromatic nitrogens is 1. The van der Waals surface area contributed by atoms with Crippen LogP contribution in [0.5, 0.6) is 0 Å². The molecule has 2 aromatic rings. The maximum atomic E-state index is 12.8. The minimum absolute atomic E-state index is 0.0590. The summed E-state index contributed by atoms with van der Waals surface area (Å²) in [4.78, 5) is 25.5. The number of H-pyrrole nitrogens is 1. The molecule has 0 spiro atoms. The molecule has 1 fully saturated rings. The summed E-state index contributed by atoms with van der Waals surface area (Å²) >= 11 is 0. The summed E-state index contributed by atoms with van der Waals surface area (Å²) in [5.74, 6) is -1.72. The van der Waals surface area contributed by atoms with Gasteiger partial charge in [0.15, 0.2) is 0 Å². The number of carboxylic acid groups (broad SMARTS) is 1. The maximum Gasteiger partial charge on any atom is 0.353 e. The number of nitrogens with one attached hydrogen (secondary N) is 1. The molecular weight excluding hydrogens is 346 g/mol. The molecule has 3 rings (SSSR count). The van der Waals surface area contributed by atoms with Crippen molar-refractivity contribution in [1.82, 2.24) is 9.29 Å². The van der Waals surface area contributed by atoms with Crippen LogP contribution in [0.25, 0.3) is 10.9 Å². The lowest BCUT2D eigenvalue weighted by atomic mass is 10.0. The minimum atomic E-state index is -3.67. The van der Waals surface area contributed by atoms with E-state index in [1.165, 1.54) is 22.5 Å². The number of amides is 1. The first kappa shape index (κ1) is 17.4. The summed E-state index contributed by atoms with van der Waals surface area (Å²) in [6.45, 7) is 3.01. The number of sulfonamides is 1. The number of aromatic carboxylic acids is 1. The number of carbonyl (C=O) groups is 2. The van der Waals surface area contributed by atoms with E-state index in [-0.39, 0.29) is 27.1 Å². The van der Waals surface area contributed by atoms with Crippen LogP contribution in [0.4, 0.5) is 0 Å². The highest BCUT2D eigenvalue weighted by molar-refractivity contribution is 7.89. The van der Waals surface area contributed by atoms with Gasteiger partial charge >= 0.3 is 5.97 Å². The molecule has 0 radical (unpaired) electrons. The summed E-state index contributed by atoms with van der Waals surface area (Å²) in [7, 11) is -3.67. The summed E-state index contributed by atoms with van der Waals surface area (Å²) in [5.41, 5.74) is 5.02. The zero-order chi connectivity index (χ0) is 18.4. The SMILES string of the molecule is CC1CCN(S(=O)(=O)c2ccc3c(C(N)=O)c(C(=O)O)[nH]c3c2)CC1. The zero-order valence-corrected chi connectivity index (χ0v) is 14.5. The van der Waals surface area contributed by atoms with Crippen LogP contribution in [0, 0.1) is 5.92 Å². The van der Waals surface area contributed by atoms with Gasteiger partial charge in [-0.15, -0.1) is 0 Å². The van der Waals surface area contributed by atoms with Crippen molar-refractivity contribution in [2.45, 2.75) is 24.7 Å². The zero-order valence-electron chi connectivity index (χ0n) is 13.7. The van der Waals surface area contributed by atoms with Crippen molar-refractivity contribution in [3.05, 3.63) is 29.5 Å². The highest BCUT2D eigenvalue weighted by Crippen LogP contribution is 2.28. The van der Waals surface area contributed by atoms with Gasteiger partial charge in [0, 0.05) is 24.0 Å². The van der Waals surface area contributed by atoms with E-state index in [1.54, 1.807) is 0 Å². The molecule has 0 unspecified atom stereocenters. The van der Waals surface area contributed by atoms with Crippen LogP contribution >= 0.6 is 0 Å². The fraction of sp³-hybridized carbons (Fsp3) is 0.375. The van der Waals surface area contributed by atoms with Gasteiger partial charge in [0.05, 0.1) is 10.5 Å². The molecule has 1 saturated heterocycles. The molecular formula is C16H19N3O5S. The highest BCUT2D eigenvalue weighted by atomic mass is 32.2. The monoisotopic (exact) mass is 365 g/mol. The van der Waals surface area contributed by atoms with Gasteiger partial charge in [-0.05, 0) is 30.9 Å². The molecule has 0 saturated carbocycles. The van der Waals surface area contributed by atoms with Gasteiger partial charge < -0.3 is 15.8 Å². The molecule has 134 valence electrons. The molecule has 1 aliphatic heterocycles. The molecule has 25 heavy (non-hydrogen) atoms. The molecule has 1 aromatic heterocycles. The number of nitrogens with zero attached hydrogens (tertiary/aromatic N) is 1.